The standard InChI is InChI=1S/C16H21N3OS/c1-3-6-17-15-9-12(2)19-10-14(15)16(20)18-7-4-13-5-8-21-11-13/h5,8-11H,3-4,6-7H2,1-2H3,(H,17,19)(H,18,20). The smallest absolute Gasteiger partial charge is 0.254 e. The van der Waals surface area contributed by atoms with Crippen molar-refractivity contribution in [3.63, 3.8) is 0 Å². The maximum Gasteiger partial charge on any atom is 0.254 e. The number of nitrogens with one attached hydrogen (secondary N) is 2. The Kier molecular flexibility index (Phi) is 5.75. The Hall–Kier alpha value is -1.88. The van der Waals surface area contributed by atoms with E-state index in [1.54, 1.807) is 17.5 Å². The lowest BCUT2D eigenvalue weighted by atomic mass is 10.2. The molecular weight excluding hydrogens is 282 g/mol. The van der Waals surface area contributed by atoms with Crippen molar-refractivity contribution in [3.8, 4) is 0 Å². The monoisotopic (exact) mass is 303 g/mol. The van der Waals surface area contributed by atoms with Crippen LogP contribution in [0.15, 0.2) is 29.1 Å². The van der Waals surface area contributed by atoms with Crippen LogP contribution in [0.4, 0.5) is 5.69 Å². The molecule has 0 fully saturated rings. The van der Waals surface area contributed by atoms with Gasteiger partial charge in [0.15, 0.2) is 0 Å². The molecule has 4 nitrogen and oxygen atoms in total. The van der Waals surface area contributed by atoms with E-state index in [-0.39, 0.29) is 5.91 Å². The van der Waals surface area contributed by atoms with E-state index in [0.29, 0.717) is 12.1 Å². The second-order valence-corrected chi connectivity index (χ2v) is 5.72. The number of hydrogen-bond acceptors (Lipinski definition) is 4. The molecule has 0 spiro atoms. The Bertz CT molecular complexity index is 581. The van der Waals surface area contributed by atoms with E-state index in [2.05, 4.69) is 34.0 Å². The second kappa shape index (κ2) is 7.78. The zero-order chi connectivity index (χ0) is 15.1. The lowest BCUT2D eigenvalue weighted by molar-refractivity contribution is 0.0954. The van der Waals surface area contributed by atoms with Gasteiger partial charge < -0.3 is 10.6 Å². The van der Waals surface area contributed by atoms with Gasteiger partial charge in [0.05, 0.1) is 11.3 Å². The number of anilines is 1. The van der Waals surface area contributed by atoms with Crippen molar-refractivity contribution in [1.82, 2.24) is 10.3 Å². The molecule has 0 aromatic carbocycles. The van der Waals surface area contributed by atoms with Crippen LogP contribution in [0.1, 0.15) is 35.0 Å². The molecule has 0 aliphatic heterocycles. The molecule has 2 aromatic rings. The van der Waals surface area contributed by atoms with Crippen LogP contribution >= 0.6 is 11.3 Å². The molecule has 21 heavy (non-hydrogen) atoms. The molecule has 2 rings (SSSR count). The summed E-state index contributed by atoms with van der Waals surface area (Å²) in [6.45, 7) is 5.51. The van der Waals surface area contributed by atoms with Gasteiger partial charge in [0.1, 0.15) is 0 Å². The molecule has 0 saturated carbocycles. The Morgan fingerprint density at radius 1 is 1.38 bits per heavy atom. The average Bonchev–Trinajstić information content (AvgIpc) is 2.98. The number of hydrogen-bond donors (Lipinski definition) is 2. The van der Waals surface area contributed by atoms with Crippen LogP contribution < -0.4 is 10.6 Å². The maximum absolute atomic E-state index is 12.3. The fraction of sp³-hybridized carbons (Fsp3) is 0.375. The minimum atomic E-state index is -0.0728. The summed E-state index contributed by atoms with van der Waals surface area (Å²) in [5, 5.41) is 10.4. The Labute approximate surface area is 129 Å². The quantitative estimate of drug-likeness (QED) is 0.825. The molecule has 0 bridgehead atoms. The van der Waals surface area contributed by atoms with Crippen molar-refractivity contribution in [2.75, 3.05) is 18.4 Å². The summed E-state index contributed by atoms with van der Waals surface area (Å²) in [4.78, 5) is 16.5. The van der Waals surface area contributed by atoms with Gasteiger partial charge in [-0.25, -0.2) is 0 Å². The lowest BCUT2D eigenvalue weighted by Gasteiger charge is -2.12. The highest BCUT2D eigenvalue weighted by Crippen LogP contribution is 2.15. The van der Waals surface area contributed by atoms with Gasteiger partial charge in [-0.3, -0.25) is 9.78 Å². The molecule has 0 aliphatic rings. The number of rotatable bonds is 7. The van der Waals surface area contributed by atoms with Crippen LogP contribution in [-0.4, -0.2) is 24.0 Å². The fourth-order valence-corrected chi connectivity index (χ4v) is 2.70. The Morgan fingerprint density at radius 2 is 2.24 bits per heavy atom. The van der Waals surface area contributed by atoms with E-state index in [4.69, 9.17) is 0 Å². The molecule has 0 unspecified atom stereocenters. The first-order chi connectivity index (χ1) is 10.2. The van der Waals surface area contributed by atoms with Crippen molar-refractivity contribution in [3.05, 3.63) is 45.9 Å². The number of aromatic nitrogens is 1. The van der Waals surface area contributed by atoms with E-state index in [9.17, 15) is 4.79 Å². The number of aryl methyl sites for hydroxylation is 1. The van der Waals surface area contributed by atoms with E-state index in [1.807, 2.05) is 18.4 Å². The van der Waals surface area contributed by atoms with Gasteiger partial charge in [0.25, 0.3) is 5.91 Å². The first-order valence-electron chi connectivity index (χ1n) is 7.20. The van der Waals surface area contributed by atoms with E-state index < -0.39 is 0 Å². The van der Waals surface area contributed by atoms with Crippen molar-refractivity contribution in [2.24, 2.45) is 0 Å². The molecule has 2 heterocycles. The van der Waals surface area contributed by atoms with Crippen LogP contribution in [0, 0.1) is 6.92 Å². The van der Waals surface area contributed by atoms with Crippen LogP contribution in [0.25, 0.3) is 0 Å². The number of amides is 1. The van der Waals surface area contributed by atoms with Gasteiger partial charge in [-0.2, -0.15) is 11.3 Å². The lowest BCUT2D eigenvalue weighted by Crippen LogP contribution is -2.26. The Morgan fingerprint density at radius 3 is 2.95 bits per heavy atom. The molecule has 2 aromatic heterocycles. The summed E-state index contributed by atoms with van der Waals surface area (Å²) in [5.41, 5.74) is 3.63. The summed E-state index contributed by atoms with van der Waals surface area (Å²) in [6, 6.07) is 4.00. The largest absolute Gasteiger partial charge is 0.384 e. The number of carbonyl (C=O) groups excluding carboxylic acids is 1. The van der Waals surface area contributed by atoms with Crippen molar-refractivity contribution >= 4 is 22.9 Å². The first-order valence-corrected chi connectivity index (χ1v) is 8.14. The van der Waals surface area contributed by atoms with Crippen LogP contribution in [0.3, 0.4) is 0 Å². The summed E-state index contributed by atoms with van der Waals surface area (Å²) >= 11 is 1.68. The fourth-order valence-electron chi connectivity index (χ4n) is 2.00. The van der Waals surface area contributed by atoms with E-state index >= 15 is 0 Å². The molecular formula is C16H21N3OS. The third-order valence-corrected chi connectivity index (χ3v) is 3.86. The van der Waals surface area contributed by atoms with Gasteiger partial charge in [0.2, 0.25) is 0 Å². The normalized spacial score (nSPS) is 10.4. The van der Waals surface area contributed by atoms with Gasteiger partial charge in [0, 0.05) is 25.0 Å². The van der Waals surface area contributed by atoms with Crippen LogP contribution in [-0.2, 0) is 6.42 Å². The molecule has 0 aliphatic carbocycles. The summed E-state index contributed by atoms with van der Waals surface area (Å²) in [7, 11) is 0. The first kappa shape index (κ1) is 15.5. The predicted octanol–water partition coefficient (Wildman–Crippen LogP) is 3.25. The number of pyridine rings is 1. The summed E-state index contributed by atoms with van der Waals surface area (Å²) in [6.07, 6.45) is 3.51. The third kappa shape index (κ3) is 4.56. The average molecular weight is 303 g/mol. The van der Waals surface area contributed by atoms with Crippen LogP contribution in [0.2, 0.25) is 0 Å². The molecule has 0 radical (unpaired) electrons. The number of carbonyl (C=O) groups is 1. The van der Waals surface area contributed by atoms with Crippen molar-refractivity contribution < 1.29 is 4.79 Å². The van der Waals surface area contributed by atoms with E-state index in [1.165, 1.54) is 5.56 Å². The van der Waals surface area contributed by atoms with Crippen molar-refractivity contribution in [2.45, 2.75) is 26.7 Å². The molecule has 0 atom stereocenters. The molecule has 1 amide bonds. The van der Waals surface area contributed by atoms with Gasteiger partial charge in [-0.1, -0.05) is 6.92 Å². The topological polar surface area (TPSA) is 54.0 Å². The summed E-state index contributed by atoms with van der Waals surface area (Å²) < 4.78 is 0. The second-order valence-electron chi connectivity index (χ2n) is 4.94. The highest BCUT2D eigenvalue weighted by Gasteiger charge is 2.11. The molecule has 2 N–H and O–H groups in total. The number of thiophene rings is 1. The zero-order valence-corrected chi connectivity index (χ0v) is 13.3. The molecule has 5 heteroatoms. The highest BCUT2D eigenvalue weighted by atomic mass is 32.1. The highest BCUT2D eigenvalue weighted by molar-refractivity contribution is 7.07. The van der Waals surface area contributed by atoms with E-state index in [0.717, 1.165) is 30.8 Å². The molecule has 112 valence electrons. The van der Waals surface area contributed by atoms with Crippen molar-refractivity contribution in [1.29, 1.82) is 0 Å². The van der Waals surface area contributed by atoms with Gasteiger partial charge >= 0.3 is 0 Å². The number of nitrogens with zero attached hydrogens (tertiary/aromatic N) is 1. The zero-order valence-electron chi connectivity index (χ0n) is 12.5. The third-order valence-electron chi connectivity index (χ3n) is 3.13. The molecule has 0 saturated heterocycles. The SMILES string of the molecule is CCCNc1cc(C)ncc1C(=O)NCCc1ccsc1. The predicted molar refractivity (Wildman–Crippen MR) is 88.1 cm³/mol. The minimum absolute atomic E-state index is 0.0728. The van der Waals surface area contributed by atoms with Crippen LogP contribution in [0.5, 0.6) is 0 Å². The van der Waals surface area contributed by atoms with Gasteiger partial charge in [-0.05, 0) is 48.2 Å². The summed E-state index contributed by atoms with van der Waals surface area (Å²) in [5.74, 6) is -0.0728. The van der Waals surface area contributed by atoms with Gasteiger partial charge in [-0.15, -0.1) is 0 Å². The minimum Gasteiger partial charge on any atom is -0.384 e. The Balaban J connectivity index is 1.97. The maximum atomic E-state index is 12.3.